The van der Waals surface area contributed by atoms with Gasteiger partial charge in [0.15, 0.2) is 11.5 Å². The molecule has 0 saturated heterocycles. The van der Waals surface area contributed by atoms with Gasteiger partial charge in [-0.25, -0.2) is 5.43 Å². The molecule has 2 amide bonds. The van der Waals surface area contributed by atoms with Crippen LogP contribution in [0.5, 0.6) is 11.5 Å². The van der Waals surface area contributed by atoms with Crippen molar-refractivity contribution in [1.29, 1.82) is 0 Å². The highest BCUT2D eigenvalue weighted by Crippen LogP contribution is 2.29. The minimum atomic E-state index is -0.770. The van der Waals surface area contributed by atoms with Gasteiger partial charge >= 0.3 is 0 Å². The Balaban J connectivity index is 1.62. The number of carbonyl (C=O) groups is 2. The van der Waals surface area contributed by atoms with Crippen LogP contribution in [0, 0.1) is 5.92 Å². The molecule has 2 N–H and O–H groups in total. The molecule has 0 bridgehead atoms. The number of ether oxygens (including phenoxy) is 2. The largest absolute Gasteiger partial charge is 0.490 e. The summed E-state index contributed by atoms with van der Waals surface area (Å²) in [6.07, 6.45) is 1.51. The van der Waals surface area contributed by atoms with Crippen LogP contribution in [0.2, 0.25) is 5.02 Å². The number of rotatable bonds is 11. The third-order valence-corrected chi connectivity index (χ3v) is 6.09. The Kier molecular flexibility index (Phi) is 10.5. The Morgan fingerprint density at radius 2 is 1.70 bits per heavy atom. The number of hydrogen-bond acceptors (Lipinski definition) is 5. The van der Waals surface area contributed by atoms with Gasteiger partial charge in [-0.2, -0.15) is 5.10 Å². The van der Waals surface area contributed by atoms with Crippen LogP contribution in [0.1, 0.15) is 42.3 Å². The first-order valence-corrected chi connectivity index (χ1v) is 13.0. The summed E-state index contributed by atoms with van der Waals surface area (Å²) in [5.74, 6) is 0.238. The summed E-state index contributed by atoms with van der Waals surface area (Å²) in [6, 6.07) is 19.0. The maximum atomic E-state index is 12.8. The van der Waals surface area contributed by atoms with Crippen LogP contribution >= 0.6 is 27.5 Å². The molecule has 3 aromatic carbocycles. The number of carbonyl (C=O) groups excluding carboxylic acids is 2. The lowest BCUT2D eigenvalue weighted by Gasteiger charge is -2.20. The number of nitrogens with one attached hydrogen (secondary N) is 2. The van der Waals surface area contributed by atoms with Crippen LogP contribution in [0.25, 0.3) is 0 Å². The number of benzene rings is 3. The molecule has 0 spiro atoms. The zero-order valence-electron chi connectivity index (χ0n) is 20.8. The summed E-state index contributed by atoms with van der Waals surface area (Å²) >= 11 is 9.31. The average Bonchev–Trinajstić information content (AvgIpc) is 2.88. The Hall–Kier alpha value is -3.36. The van der Waals surface area contributed by atoms with Crippen molar-refractivity contribution in [3.05, 3.63) is 92.9 Å². The van der Waals surface area contributed by atoms with Gasteiger partial charge < -0.3 is 14.8 Å². The van der Waals surface area contributed by atoms with Crippen molar-refractivity contribution in [2.45, 2.75) is 33.4 Å². The normalized spacial score (nSPS) is 11.8. The topological polar surface area (TPSA) is 89.0 Å². The van der Waals surface area contributed by atoms with Crippen molar-refractivity contribution in [2.24, 2.45) is 11.0 Å². The SMILES string of the molecule is CCOc1cc(C=NNC(=O)C(NC(=O)c2ccc(Cl)cc2)C(C)C)ccc1OCc1ccc(Br)cc1. The molecule has 194 valence electrons. The molecule has 0 aliphatic rings. The van der Waals surface area contributed by atoms with Crippen LogP contribution in [0.15, 0.2) is 76.3 Å². The molecule has 9 heteroatoms. The highest BCUT2D eigenvalue weighted by Gasteiger charge is 2.24. The van der Waals surface area contributed by atoms with Crippen molar-refractivity contribution in [3.63, 3.8) is 0 Å². The first-order valence-electron chi connectivity index (χ1n) is 11.8. The fourth-order valence-electron chi connectivity index (χ4n) is 3.33. The molecule has 3 rings (SSSR count). The average molecular weight is 587 g/mol. The van der Waals surface area contributed by atoms with Gasteiger partial charge in [-0.1, -0.05) is 53.5 Å². The van der Waals surface area contributed by atoms with Gasteiger partial charge in [-0.05, 0) is 78.6 Å². The smallest absolute Gasteiger partial charge is 0.262 e. The quantitative estimate of drug-likeness (QED) is 0.214. The predicted molar refractivity (Wildman–Crippen MR) is 149 cm³/mol. The van der Waals surface area contributed by atoms with E-state index in [2.05, 4.69) is 31.8 Å². The molecule has 1 atom stereocenters. The van der Waals surface area contributed by atoms with E-state index in [1.165, 1.54) is 6.21 Å². The fourth-order valence-corrected chi connectivity index (χ4v) is 3.73. The molecule has 0 aromatic heterocycles. The van der Waals surface area contributed by atoms with Crippen molar-refractivity contribution < 1.29 is 19.1 Å². The van der Waals surface area contributed by atoms with Gasteiger partial charge in [0.2, 0.25) is 0 Å². The second-order valence-corrected chi connectivity index (χ2v) is 9.84. The summed E-state index contributed by atoms with van der Waals surface area (Å²) in [5, 5.41) is 7.36. The highest BCUT2D eigenvalue weighted by molar-refractivity contribution is 9.10. The van der Waals surface area contributed by atoms with Gasteiger partial charge in [0.1, 0.15) is 12.6 Å². The summed E-state index contributed by atoms with van der Waals surface area (Å²) < 4.78 is 12.7. The molecule has 0 aliphatic carbocycles. The van der Waals surface area contributed by atoms with Gasteiger partial charge in [0.25, 0.3) is 11.8 Å². The minimum absolute atomic E-state index is 0.154. The Morgan fingerprint density at radius 3 is 2.35 bits per heavy atom. The van der Waals surface area contributed by atoms with E-state index < -0.39 is 11.9 Å². The van der Waals surface area contributed by atoms with Crippen molar-refractivity contribution >= 4 is 45.6 Å². The number of halogens is 2. The molecule has 0 radical (unpaired) electrons. The molecule has 0 heterocycles. The zero-order valence-corrected chi connectivity index (χ0v) is 23.2. The van der Waals surface area contributed by atoms with E-state index in [1.807, 2.05) is 51.1 Å². The van der Waals surface area contributed by atoms with Gasteiger partial charge in [0, 0.05) is 15.1 Å². The van der Waals surface area contributed by atoms with Crippen LogP contribution in [-0.4, -0.2) is 30.7 Å². The molecule has 3 aromatic rings. The van der Waals surface area contributed by atoms with Crippen molar-refractivity contribution in [2.75, 3.05) is 6.61 Å². The van der Waals surface area contributed by atoms with E-state index in [9.17, 15) is 9.59 Å². The van der Waals surface area contributed by atoms with E-state index in [4.69, 9.17) is 21.1 Å². The van der Waals surface area contributed by atoms with E-state index >= 15 is 0 Å². The Morgan fingerprint density at radius 1 is 1.00 bits per heavy atom. The van der Waals surface area contributed by atoms with Crippen LogP contribution in [0.3, 0.4) is 0 Å². The van der Waals surface area contributed by atoms with Gasteiger partial charge in [0.05, 0.1) is 12.8 Å². The molecule has 0 aliphatic heterocycles. The molecule has 1 unspecified atom stereocenters. The molecule has 7 nitrogen and oxygen atoms in total. The number of nitrogens with zero attached hydrogens (tertiary/aromatic N) is 1. The highest BCUT2D eigenvalue weighted by atomic mass is 79.9. The lowest BCUT2D eigenvalue weighted by atomic mass is 10.0. The summed E-state index contributed by atoms with van der Waals surface area (Å²) in [7, 11) is 0. The third-order valence-electron chi connectivity index (χ3n) is 5.31. The first kappa shape index (κ1) is 28.2. The van der Waals surface area contributed by atoms with Crippen molar-refractivity contribution in [3.8, 4) is 11.5 Å². The Labute approximate surface area is 230 Å². The molecular formula is C28H29BrClN3O4. The molecular weight excluding hydrogens is 558 g/mol. The van der Waals surface area contributed by atoms with E-state index in [0.29, 0.717) is 40.9 Å². The van der Waals surface area contributed by atoms with Crippen molar-refractivity contribution in [1.82, 2.24) is 10.7 Å². The summed E-state index contributed by atoms with van der Waals surface area (Å²) in [6.45, 7) is 6.45. The first-order chi connectivity index (χ1) is 17.8. The van der Waals surface area contributed by atoms with Gasteiger partial charge in [-0.3, -0.25) is 9.59 Å². The zero-order chi connectivity index (χ0) is 26.8. The predicted octanol–water partition coefficient (Wildman–Crippen LogP) is 5.98. The fraction of sp³-hybridized carbons (Fsp3) is 0.250. The molecule has 0 saturated carbocycles. The van der Waals surface area contributed by atoms with Crippen LogP contribution in [-0.2, 0) is 11.4 Å². The summed E-state index contributed by atoms with van der Waals surface area (Å²) in [5.41, 5.74) is 4.67. The monoisotopic (exact) mass is 585 g/mol. The molecule has 37 heavy (non-hydrogen) atoms. The summed E-state index contributed by atoms with van der Waals surface area (Å²) in [4.78, 5) is 25.3. The Bertz CT molecular complexity index is 1230. The second kappa shape index (κ2) is 13.8. The minimum Gasteiger partial charge on any atom is -0.490 e. The lowest BCUT2D eigenvalue weighted by molar-refractivity contribution is -0.123. The van der Waals surface area contributed by atoms with E-state index in [-0.39, 0.29) is 11.8 Å². The maximum absolute atomic E-state index is 12.8. The number of hydrogen-bond donors (Lipinski definition) is 2. The molecule has 0 fully saturated rings. The van der Waals surface area contributed by atoms with Crippen LogP contribution in [0.4, 0.5) is 0 Å². The number of hydrazone groups is 1. The second-order valence-electron chi connectivity index (χ2n) is 8.49. The standard InChI is InChI=1S/C28H29BrClN3O4/c1-4-36-25-15-20(7-14-24(25)37-17-19-5-10-22(29)11-6-19)16-31-33-28(35)26(18(2)3)32-27(34)21-8-12-23(30)13-9-21/h5-16,18,26H,4,17H2,1-3H3,(H,32,34)(H,33,35). The number of amides is 2. The lowest BCUT2D eigenvalue weighted by Crippen LogP contribution is -2.48. The maximum Gasteiger partial charge on any atom is 0.262 e. The van der Waals surface area contributed by atoms with E-state index in [1.54, 1.807) is 36.4 Å². The van der Waals surface area contributed by atoms with Gasteiger partial charge in [-0.15, -0.1) is 0 Å². The van der Waals surface area contributed by atoms with E-state index in [0.717, 1.165) is 10.0 Å². The third kappa shape index (κ3) is 8.61. The van der Waals surface area contributed by atoms with Crippen LogP contribution < -0.4 is 20.2 Å².